The molecular formula is C15H21N. The Morgan fingerprint density at radius 2 is 2.31 bits per heavy atom. The third-order valence-electron chi connectivity index (χ3n) is 3.53. The zero-order valence-corrected chi connectivity index (χ0v) is 10.1. The molecule has 0 aliphatic heterocycles. The molecule has 0 fully saturated rings. The highest BCUT2D eigenvalue weighted by Gasteiger charge is 2.19. The molecule has 1 aliphatic rings. The summed E-state index contributed by atoms with van der Waals surface area (Å²) in [5.74, 6) is 0.687. The first-order chi connectivity index (χ1) is 7.81. The van der Waals surface area contributed by atoms with E-state index in [1.54, 1.807) is 11.1 Å². The topological polar surface area (TPSA) is 12.0 Å². The Hall–Kier alpha value is -1.08. The molecule has 1 nitrogen and oxygen atoms in total. The summed E-state index contributed by atoms with van der Waals surface area (Å²) in [6.45, 7) is 7.03. The average Bonchev–Trinajstić information content (AvgIpc) is 2.35. The van der Waals surface area contributed by atoms with Gasteiger partial charge in [0.05, 0.1) is 0 Å². The van der Waals surface area contributed by atoms with Gasteiger partial charge in [-0.1, -0.05) is 30.3 Å². The van der Waals surface area contributed by atoms with E-state index in [4.69, 9.17) is 0 Å². The standard InChI is InChI=1S/C15H21N/c1-3-12(2)16-11-14-9-6-8-13-7-4-5-10-15(13)14/h3-5,7,10,12,14,16H,1,6,8-9,11H2,2H3. The van der Waals surface area contributed by atoms with Crippen molar-refractivity contribution in [2.24, 2.45) is 0 Å². The van der Waals surface area contributed by atoms with E-state index in [0.717, 1.165) is 6.54 Å². The van der Waals surface area contributed by atoms with E-state index >= 15 is 0 Å². The number of hydrogen-bond acceptors (Lipinski definition) is 1. The Morgan fingerprint density at radius 3 is 3.12 bits per heavy atom. The number of fused-ring (bicyclic) bond motifs is 1. The fourth-order valence-electron chi connectivity index (χ4n) is 2.48. The Balaban J connectivity index is 2.04. The minimum Gasteiger partial charge on any atom is -0.310 e. The van der Waals surface area contributed by atoms with Crippen molar-refractivity contribution < 1.29 is 0 Å². The van der Waals surface area contributed by atoms with Gasteiger partial charge in [-0.15, -0.1) is 6.58 Å². The smallest absolute Gasteiger partial charge is 0.0219 e. The van der Waals surface area contributed by atoms with E-state index in [9.17, 15) is 0 Å². The zero-order chi connectivity index (χ0) is 11.4. The molecule has 0 spiro atoms. The van der Waals surface area contributed by atoms with E-state index in [1.165, 1.54) is 19.3 Å². The summed E-state index contributed by atoms with van der Waals surface area (Å²) in [4.78, 5) is 0. The molecule has 0 amide bonds. The van der Waals surface area contributed by atoms with Gasteiger partial charge >= 0.3 is 0 Å². The van der Waals surface area contributed by atoms with Gasteiger partial charge in [-0.2, -0.15) is 0 Å². The molecule has 0 saturated heterocycles. The molecule has 1 N–H and O–H groups in total. The SMILES string of the molecule is C=CC(C)NCC1CCCc2ccccc21. The van der Waals surface area contributed by atoms with Gasteiger partial charge in [-0.3, -0.25) is 0 Å². The van der Waals surface area contributed by atoms with E-state index in [0.29, 0.717) is 12.0 Å². The van der Waals surface area contributed by atoms with Crippen LogP contribution in [0, 0.1) is 0 Å². The monoisotopic (exact) mass is 215 g/mol. The average molecular weight is 215 g/mol. The Kier molecular flexibility index (Phi) is 3.79. The second kappa shape index (κ2) is 5.31. The molecule has 0 bridgehead atoms. The van der Waals surface area contributed by atoms with Gasteiger partial charge in [0.15, 0.2) is 0 Å². The van der Waals surface area contributed by atoms with Gasteiger partial charge < -0.3 is 5.32 Å². The lowest BCUT2D eigenvalue weighted by atomic mass is 9.83. The van der Waals surface area contributed by atoms with Crippen molar-refractivity contribution in [2.75, 3.05) is 6.54 Å². The van der Waals surface area contributed by atoms with E-state index in [2.05, 4.69) is 43.1 Å². The van der Waals surface area contributed by atoms with Crippen molar-refractivity contribution in [3.05, 3.63) is 48.0 Å². The molecule has 86 valence electrons. The van der Waals surface area contributed by atoms with Crippen LogP contribution in [0.4, 0.5) is 0 Å². The van der Waals surface area contributed by atoms with E-state index in [1.807, 2.05) is 6.08 Å². The van der Waals surface area contributed by atoms with Gasteiger partial charge in [0.25, 0.3) is 0 Å². The second-order valence-corrected chi connectivity index (χ2v) is 4.72. The van der Waals surface area contributed by atoms with Crippen molar-refractivity contribution in [3.8, 4) is 0 Å². The maximum atomic E-state index is 3.81. The van der Waals surface area contributed by atoms with Gasteiger partial charge in [0.2, 0.25) is 0 Å². The lowest BCUT2D eigenvalue weighted by molar-refractivity contribution is 0.493. The fourth-order valence-corrected chi connectivity index (χ4v) is 2.48. The third kappa shape index (κ3) is 2.53. The van der Waals surface area contributed by atoms with Crippen LogP contribution < -0.4 is 5.32 Å². The molecule has 0 saturated carbocycles. The predicted molar refractivity (Wildman–Crippen MR) is 69.8 cm³/mol. The van der Waals surface area contributed by atoms with Crippen LogP contribution in [0.25, 0.3) is 0 Å². The van der Waals surface area contributed by atoms with Crippen molar-refractivity contribution in [1.82, 2.24) is 5.32 Å². The number of rotatable bonds is 4. The van der Waals surface area contributed by atoms with Crippen molar-refractivity contribution in [2.45, 2.75) is 38.1 Å². The molecule has 2 atom stereocenters. The van der Waals surface area contributed by atoms with Crippen LogP contribution in [0.2, 0.25) is 0 Å². The highest BCUT2D eigenvalue weighted by Crippen LogP contribution is 2.30. The van der Waals surface area contributed by atoms with Crippen LogP contribution in [-0.2, 0) is 6.42 Å². The Labute approximate surface area is 98.6 Å². The molecule has 2 unspecified atom stereocenters. The quantitative estimate of drug-likeness (QED) is 0.760. The van der Waals surface area contributed by atoms with Crippen molar-refractivity contribution >= 4 is 0 Å². The number of hydrogen-bond donors (Lipinski definition) is 1. The predicted octanol–water partition coefficient (Wildman–Crippen LogP) is 3.27. The summed E-state index contributed by atoms with van der Waals surface area (Å²) in [7, 11) is 0. The molecule has 1 heteroatoms. The molecule has 1 aromatic carbocycles. The molecule has 0 heterocycles. The van der Waals surface area contributed by atoms with Crippen LogP contribution >= 0.6 is 0 Å². The number of benzene rings is 1. The lowest BCUT2D eigenvalue weighted by Gasteiger charge is -2.26. The first-order valence-corrected chi connectivity index (χ1v) is 6.25. The first kappa shape index (κ1) is 11.4. The molecule has 2 rings (SSSR count). The highest BCUT2D eigenvalue weighted by atomic mass is 14.9. The molecular weight excluding hydrogens is 194 g/mol. The zero-order valence-electron chi connectivity index (χ0n) is 10.1. The molecule has 1 aliphatic carbocycles. The number of nitrogens with one attached hydrogen (secondary N) is 1. The Morgan fingerprint density at radius 1 is 1.50 bits per heavy atom. The second-order valence-electron chi connectivity index (χ2n) is 4.72. The summed E-state index contributed by atoms with van der Waals surface area (Å²) < 4.78 is 0. The molecule has 0 radical (unpaired) electrons. The maximum Gasteiger partial charge on any atom is 0.0219 e. The minimum atomic E-state index is 0.411. The van der Waals surface area contributed by atoms with Gasteiger partial charge in [0.1, 0.15) is 0 Å². The molecule has 16 heavy (non-hydrogen) atoms. The van der Waals surface area contributed by atoms with Crippen LogP contribution in [-0.4, -0.2) is 12.6 Å². The van der Waals surface area contributed by atoms with E-state index < -0.39 is 0 Å². The largest absolute Gasteiger partial charge is 0.310 e. The molecule has 1 aromatic rings. The van der Waals surface area contributed by atoms with Gasteiger partial charge in [0, 0.05) is 12.6 Å². The van der Waals surface area contributed by atoms with Crippen molar-refractivity contribution in [3.63, 3.8) is 0 Å². The normalized spacial score (nSPS) is 21.2. The van der Waals surface area contributed by atoms with Crippen LogP contribution in [0.1, 0.15) is 36.8 Å². The van der Waals surface area contributed by atoms with Crippen LogP contribution in [0.3, 0.4) is 0 Å². The van der Waals surface area contributed by atoms with Gasteiger partial charge in [-0.25, -0.2) is 0 Å². The lowest BCUT2D eigenvalue weighted by Crippen LogP contribution is -2.30. The Bertz CT molecular complexity index is 356. The van der Waals surface area contributed by atoms with Crippen LogP contribution in [0.5, 0.6) is 0 Å². The fraction of sp³-hybridized carbons (Fsp3) is 0.467. The first-order valence-electron chi connectivity index (χ1n) is 6.25. The summed E-state index contributed by atoms with van der Waals surface area (Å²) in [6, 6.07) is 9.29. The summed E-state index contributed by atoms with van der Waals surface area (Å²) in [5, 5.41) is 3.52. The van der Waals surface area contributed by atoms with Crippen LogP contribution in [0.15, 0.2) is 36.9 Å². The summed E-state index contributed by atoms with van der Waals surface area (Å²) in [5.41, 5.74) is 3.10. The van der Waals surface area contributed by atoms with E-state index in [-0.39, 0.29) is 0 Å². The minimum absolute atomic E-state index is 0.411. The molecule has 0 aromatic heterocycles. The maximum absolute atomic E-state index is 3.81. The summed E-state index contributed by atoms with van der Waals surface area (Å²) in [6.07, 6.45) is 5.86. The van der Waals surface area contributed by atoms with Gasteiger partial charge in [-0.05, 0) is 43.2 Å². The van der Waals surface area contributed by atoms with Crippen molar-refractivity contribution in [1.29, 1.82) is 0 Å². The third-order valence-corrected chi connectivity index (χ3v) is 3.53. The highest BCUT2D eigenvalue weighted by molar-refractivity contribution is 5.32. The number of aryl methyl sites for hydroxylation is 1. The summed E-state index contributed by atoms with van der Waals surface area (Å²) >= 11 is 0.